The molecule has 4 fully saturated rings. The van der Waals surface area contributed by atoms with Gasteiger partial charge in [-0.2, -0.15) is 13.2 Å². The maximum atomic E-state index is 13.4. The first-order chi connectivity index (χ1) is 12.1. The normalized spacial score (nSPS) is 54.3. The van der Waals surface area contributed by atoms with Gasteiger partial charge in [0.2, 0.25) is 0 Å². The molecule has 0 bridgehead atoms. The van der Waals surface area contributed by atoms with Crippen molar-refractivity contribution in [2.45, 2.75) is 89.5 Å². The molecule has 3 unspecified atom stereocenters. The smallest absolute Gasteiger partial charge is 0.381 e. The molecule has 2 nitrogen and oxygen atoms in total. The van der Waals surface area contributed by atoms with Crippen LogP contribution in [-0.4, -0.2) is 30.1 Å². The standard InChI is InChI=1S/C21H33F3O2/c1-18-10-11-20(25,21(22,23)24)12-13(18)4-5-14-15-6-7-17(26-3)19(15,2)9-8-16(14)18/h13-17,25H,4-12H2,1-3H3/t13?,14-,15-,16+,17?,18-,19-,20?/m0/s1. The lowest BCUT2D eigenvalue weighted by Crippen LogP contribution is -2.59. The van der Waals surface area contributed by atoms with E-state index in [1.807, 2.05) is 7.11 Å². The van der Waals surface area contributed by atoms with Crippen LogP contribution in [-0.2, 0) is 4.74 Å². The van der Waals surface area contributed by atoms with Crippen LogP contribution in [0.5, 0.6) is 0 Å². The van der Waals surface area contributed by atoms with Crippen LogP contribution in [0.2, 0.25) is 0 Å². The van der Waals surface area contributed by atoms with Crippen molar-refractivity contribution >= 4 is 0 Å². The summed E-state index contributed by atoms with van der Waals surface area (Å²) in [7, 11) is 1.82. The Morgan fingerprint density at radius 2 is 1.58 bits per heavy atom. The van der Waals surface area contributed by atoms with Gasteiger partial charge in [0.1, 0.15) is 0 Å². The van der Waals surface area contributed by atoms with E-state index in [0.717, 1.165) is 32.1 Å². The van der Waals surface area contributed by atoms with Gasteiger partial charge in [0.25, 0.3) is 0 Å². The summed E-state index contributed by atoms with van der Waals surface area (Å²) in [6.07, 6.45) is 2.51. The molecule has 1 N–H and O–H groups in total. The van der Waals surface area contributed by atoms with Gasteiger partial charge in [-0.3, -0.25) is 0 Å². The molecular weight excluding hydrogens is 341 g/mol. The van der Waals surface area contributed by atoms with Crippen molar-refractivity contribution < 1.29 is 23.0 Å². The highest BCUT2D eigenvalue weighted by Crippen LogP contribution is 2.67. The predicted octanol–water partition coefficient (Wildman–Crippen LogP) is 5.34. The van der Waals surface area contributed by atoms with Gasteiger partial charge in [0.15, 0.2) is 5.60 Å². The summed E-state index contributed by atoms with van der Waals surface area (Å²) in [5.41, 5.74) is -2.28. The molecule has 0 amide bonds. The number of alkyl halides is 3. The van der Waals surface area contributed by atoms with Crippen molar-refractivity contribution in [3.8, 4) is 0 Å². The molecule has 4 aliphatic carbocycles. The molecule has 26 heavy (non-hydrogen) atoms. The average molecular weight is 374 g/mol. The fourth-order valence-corrected chi connectivity index (χ4v) is 7.84. The number of aliphatic hydroxyl groups is 1. The Labute approximate surface area is 154 Å². The molecule has 0 aromatic rings. The van der Waals surface area contributed by atoms with Crippen LogP contribution in [0.4, 0.5) is 13.2 Å². The third kappa shape index (κ3) is 2.45. The number of hydrogen-bond acceptors (Lipinski definition) is 2. The summed E-state index contributed by atoms with van der Waals surface area (Å²) < 4.78 is 46.0. The van der Waals surface area contributed by atoms with E-state index in [4.69, 9.17) is 4.74 Å². The average Bonchev–Trinajstić information content (AvgIpc) is 2.91. The molecule has 0 radical (unpaired) electrons. The summed E-state index contributed by atoms with van der Waals surface area (Å²) in [5, 5.41) is 10.3. The molecule has 8 atom stereocenters. The van der Waals surface area contributed by atoms with E-state index in [9.17, 15) is 18.3 Å². The van der Waals surface area contributed by atoms with Crippen LogP contribution in [0.1, 0.15) is 71.6 Å². The Bertz CT molecular complexity index is 564. The lowest BCUT2D eigenvalue weighted by molar-refractivity contribution is -0.290. The summed E-state index contributed by atoms with van der Waals surface area (Å²) in [5.74, 6) is 1.76. The van der Waals surface area contributed by atoms with Gasteiger partial charge < -0.3 is 9.84 Å². The highest BCUT2D eigenvalue weighted by atomic mass is 19.4. The van der Waals surface area contributed by atoms with E-state index >= 15 is 0 Å². The molecule has 0 aromatic heterocycles. The summed E-state index contributed by atoms with van der Waals surface area (Å²) >= 11 is 0. The predicted molar refractivity (Wildman–Crippen MR) is 93.5 cm³/mol. The minimum atomic E-state index is -4.51. The fourth-order valence-electron chi connectivity index (χ4n) is 7.84. The van der Waals surface area contributed by atoms with Crippen molar-refractivity contribution in [1.29, 1.82) is 0 Å². The number of ether oxygens (including phenoxy) is 1. The number of rotatable bonds is 1. The first-order valence-corrected chi connectivity index (χ1v) is 10.4. The van der Waals surface area contributed by atoms with Gasteiger partial charge in [0.05, 0.1) is 6.10 Å². The van der Waals surface area contributed by atoms with E-state index in [1.54, 1.807) is 0 Å². The third-order valence-corrected chi connectivity index (χ3v) is 9.45. The molecule has 0 heterocycles. The summed E-state index contributed by atoms with van der Waals surface area (Å²) in [6.45, 7) is 4.61. The van der Waals surface area contributed by atoms with Crippen LogP contribution in [0.3, 0.4) is 0 Å². The number of methoxy groups -OCH3 is 1. The van der Waals surface area contributed by atoms with Crippen LogP contribution in [0, 0.1) is 34.5 Å². The second-order valence-electron chi connectivity index (χ2n) is 10.2. The van der Waals surface area contributed by atoms with Gasteiger partial charge in [-0.25, -0.2) is 0 Å². The van der Waals surface area contributed by atoms with Crippen molar-refractivity contribution in [3.05, 3.63) is 0 Å². The Hall–Kier alpha value is -0.290. The highest BCUT2D eigenvalue weighted by Gasteiger charge is 2.65. The van der Waals surface area contributed by atoms with Crippen molar-refractivity contribution in [2.75, 3.05) is 7.11 Å². The minimum absolute atomic E-state index is 0.00638. The Kier molecular flexibility index (Phi) is 4.29. The third-order valence-electron chi connectivity index (χ3n) is 9.45. The van der Waals surface area contributed by atoms with Crippen molar-refractivity contribution in [3.63, 3.8) is 0 Å². The maximum absolute atomic E-state index is 13.4. The Morgan fingerprint density at radius 3 is 2.23 bits per heavy atom. The number of halogens is 3. The zero-order valence-corrected chi connectivity index (χ0v) is 16.2. The van der Waals surface area contributed by atoms with Crippen LogP contribution < -0.4 is 0 Å². The molecule has 0 aromatic carbocycles. The lowest BCUT2D eigenvalue weighted by atomic mass is 9.44. The summed E-state index contributed by atoms with van der Waals surface area (Å²) in [4.78, 5) is 0. The van der Waals surface area contributed by atoms with Gasteiger partial charge in [-0.05, 0) is 92.3 Å². The van der Waals surface area contributed by atoms with E-state index < -0.39 is 11.8 Å². The summed E-state index contributed by atoms with van der Waals surface area (Å²) in [6, 6.07) is 0. The van der Waals surface area contributed by atoms with Crippen molar-refractivity contribution in [1.82, 2.24) is 0 Å². The minimum Gasteiger partial charge on any atom is -0.381 e. The second-order valence-corrected chi connectivity index (χ2v) is 10.2. The van der Waals surface area contributed by atoms with Crippen molar-refractivity contribution in [2.24, 2.45) is 34.5 Å². The monoisotopic (exact) mass is 374 g/mol. The quantitative estimate of drug-likeness (QED) is 0.671. The van der Waals surface area contributed by atoms with E-state index in [2.05, 4.69) is 13.8 Å². The molecule has 0 spiro atoms. The van der Waals surface area contributed by atoms with Gasteiger partial charge in [-0.15, -0.1) is 0 Å². The van der Waals surface area contributed by atoms with Crippen LogP contribution >= 0.6 is 0 Å². The zero-order chi connectivity index (χ0) is 19.0. The largest absolute Gasteiger partial charge is 0.417 e. The topological polar surface area (TPSA) is 29.5 Å². The lowest BCUT2D eigenvalue weighted by Gasteiger charge is -2.62. The first kappa shape index (κ1) is 19.0. The molecule has 4 saturated carbocycles. The fraction of sp³-hybridized carbons (Fsp3) is 1.00. The van der Waals surface area contributed by atoms with Gasteiger partial charge >= 0.3 is 6.18 Å². The molecule has 0 saturated heterocycles. The first-order valence-electron chi connectivity index (χ1n) is 10.4. The SMILES string of the molecule is COC1CC[C@H]2[C@@H]3CCC4CC(O)(C(F)(F)F)CC[C@]4(C)[C@@H]3CC[C@]12C. The molecule has 4 aliphatic rings. The van der Waals surface area contributed by atoms with E-state index in [0.29, 0.717) is 30.3 Å². The molecule has 0 aliphatic heterocycles. The maximum Gasteiger partial charge on any atom is 0.417 e. The van der Waals surface area contributed by atoms with Gasteiger partial charge in [0, 0.05) is 7.11 Å². The zero-order valence-electron chi connectivity index (χ0n) is 16.2. The van der Waals surface area contributed by atoms with Crippen LogP contribution in [0.15, 0.2) is 0 Å². The Balaban J connectivity index is 1.58. The molecule has 150 valence electrons. The second kappa shape index (κ2) is 5.85. The number of fused-ring (bicyclic) bond motifs is 5. The van der Waals surface area contributed by atoms with Gasteiger partial charge in [-0.1, -0.05) is 13.8 Å². The van der Waals surface area contributed by atoms with E-state index in [-0.39, 0.29) is 29.6 Å². The highest BCUT2D eigenvalue weighted by molar-refractivity contribution is 5.11. The Morgan fingerprint density at radius 1 is 0.885 bits per heavy atom. The molecule has 4 rings (SSSR count). The number of hydrogen-bond donors (Lipinski definition) is 1. The molecule has 5 heteroatoms. The molecular formula is C21H33F3O2. The van der Waals surface area contributed by atoms with E-state index in [1.165, 1.54) is 6.42 Å². The van der Waals surface area contributed by atoms with Crippen LogP contribution in [0.25, 0.3) is 0 Å².